The number of nitriles is 1. The maximum absolute atomic E-state index is 8.87. The Balaban J connectivity index is 4.03. The fourth-order valence-electron chi connectivity index (χ4n) is 0.757. The molecule has 1 atom stereocenters. The second-order valence-electron chi connectivity index (χ2n) is 3.40. The van der Waals surface area contributed by atoms with Crippen LogP contribution in [0.5, 0.6) is 0 Å². The Morgan fingerprint density at radius 3 is 2.36 bits per heavy atom. The molecule has 64 valence electrons. The van der Waals surface area contributed by atoms with Crippen molar-refractivity contribution in [3.8, 4) is 6.07 Å². The molecule has 2 heteroatoms. The molecule has 0 fully saturated rings. The predicted octanol–water partition coefficient (Wildman–Crippen LogP) is 1.92. The second-order valence-corrected chi connectivity index (χ2v) is 3.40. The third-order valence-corrected chi connectivity index (χ3v) is 2.13. The first-order valence-corrected chi connectivity index (χ1v) is 4.23. The highest BCUT2D eigenvalue weighted by Crippen LogP contribution is 2.14. The summed E-state index contributed by atoms with van der Waals surface area (Å²) in [6, 6.07) is 2.30. The first-order valence-electron chi connectivity index (χ1n) is 4.23. The number of hydrogen-bond acceptors (Lipinski definition) is 2. The van der Waals surface area contributed by atoms with Gasteiger partial charge in [0.15, 0.2) is 0 Å². The van der Waals surface area contributed by atoms with Crippen LogP contribution in [0.1, 0.15) is 34.1 Å². The quantitative estimate of drug-likeness (QED) is 0.671. The van der Waals surface area contributed by atoms with Crippen LogP contribution in [0.4, 0.5) is 0 Å². The summed E-state index contributed by atoms with van der Waals surface area (Å²) in [5.41, 5.74) is -0.351. The number of hydrogen-bond donors (Lipinski definition) is 1. The summed E-state index contributed by atoms with van der Waals surface area (Å²) < 4.78 is 0. The van der Waals surface area contributed by atoms with Crippen LogP contribution in [0, 0.1) is 17.2 Å². The van der Waals surface area contributed by atoms with E-state index in [1.807, 2.05) is 6.92 Å². The van der Waals surface area contributed by atoms with Crippen molar-refractivity contribution in [2.75, 3.05) is 6.54 Å². The maximum Gasteiger partial charge on any atom is 0.106 e. The van der Waals surface area contributed by atoms with Crippen molar-refractivity contribution >= 4 is 0 Å². The van der Waals surface area contributed by atoms with Crippen LogP contribution in [-0.4, -0.2) is 12.1 Å². The molecule has 0 aliphatic carbocycles. The van der Waals surface area contributed by atoms with Gasteiger partial charge in [0, 0.05) is 0 Å². The van der Waals surface area contributed by atoms with Crippen LogP contribution < -0.4 is 5.32 Å². The summed E-state index contributed by atoms with van der Waals surface area (Å²) in [6.45, 7) is 9.10. The first kappa shape index (κ1) is 10.4. The zero-order valence-corrected chi connectivity index (χ0v) is 7.94. The van der Waals surface area contributed by atoms with E-state index in [0.29, 0.717) is 5.92 Å². The summed E-state index contributed by atoms with van der Waals surface area (Å²) in [5.74, 6) is 0.360. The molecule has 0 radical (unpaired) electrons. The van der Waals surface area contributed by atoms with E-state index in [0.717, 1.165) is 13.0 Å². The Hall–Kier alpha value is -0.550. The van der Waals surface area contributed by atoms with Gasteiger partial charge in [-0.2, -0.15) is 5.26 Å². The zero-order chi connectivity index (χ0) is 8.91. The van der Waals surface area contributed by atoms with Crippen molar-refractivity contribution in [3.63, 3.8) is 0 Å². The minimum absolute atomic E-state index is 0.351. The van der Waals surface area contributed by atoms with Crippen molar-refractivity contribution in [2.24, 2.45) is 5.92 Å². The van der Waals surface area contributed by atoms with Crippen molar-refractivity contribution in [2.45, 2.75) is 39.7 Å². The molecule has 0 aromatic rings. The van der Waals surface area contributed by atoms with Crippen LogP contribution in [0.3, 0.4) is 0 Å². The highest BCUT2D eigenvalue weighted by atomic mass is 15.0. The fourth-order valence-corrected chi connectivity index (χ4v) is 0.757. The smallest absolute Gasteiger partial charge is 0.106 e. The lowest BCUT2D eigenvalue weighted by Gasteiger charge is -2.27. The van der Waals surface area contributed by atoms with Gasteiger partial charge in [0.25, 0.3) is 0 Å². The first-order chi connectivity index (χ1) is 5.06. The van der Waals surface area contributed by atoms with Gasteiger partial charge in [-0.15, -0.1) is 0 Å². The van der Waals surface area contributed by atoms with E-state index in [-0.39, 0.29) is 5.54 Å². The normalized spacial score (nSPS) is 16.0. The standard InChI is InChI=1S/C9H18N2/c1-5-6-11-9(4,7-10)8(2)3/h8,11H,5-6H2,1-4H3. The molecule has 0 rings (SSSR count). The number of nitrogens with one attached hydrogen (secondary N) is 1. The minimum atomic E-state index is -0.351. The van der Waals surface area contributed by atoms with E-state index in [4.69, 9.17) is 5.26 Å². The van der Waals surface area contributed by atoms with Crippen LogP contribution >= 0.6 is 0 Å². The van der Waals surface area contributed by atoms with E-state index in [1.165, 1.54) is 0 Å². The number of nitrogens with zero attached hydrogens (tertiary/aromatic N) is 1. The summed E-state index contributed by atoms with van der Waals surface area (Å²) >= 11 is 0. The average Bonchev–Trinajstić information content (AvgIpc) is 2.00. The van der Waals surface area contributed by atoms with Gasteiger partial charge in [-0.25, -0.2) is 0 Å². The van der Waals surface area contributed by atoms with Gasteiger partial charge in [-0.1, -0.05) is 20.8 Å². The van der Waals surface area contributed by atoms with E-state index in [1.54, 1.807) is 0 Å². The predicted molar refractivity (Wildman–Crippen MR) is 47.1 cm³/mol. The molecular weight excluding hydrogens is 136 g/mol. The van der Waals surface area contributed by atoms with Crippen molar-refractivity contribution in [1.82, 2.24) is 5.32 Å². The Morgan fingerprint density at radius 2 is 2.09 bits per heavy atom. The molecule has 0 heterocycles. The van der Waals surface area contributed by atoms with Gasteiger partial charge in [-0.05, 0) is 25.8 Å². The van der Waals surface area contributed by atoms with Gasteiger partial charge in [0.05, 0.1) is 6.07 Å². The molecule has 0 aliphatic rings. The van der Waals surface area contributed by atoms with Gasteiger partial charge < -0.3 is 0 Å². The van der Waals surface area contributed by atoms with E-state index in [9.17, 15) is 0 Å². The molecule has 0 saturated heterocycles. The third kappa shape index (κ3) is 2.90. The van der Waals surface area contributed by atoms with E-state index < -0.39 is 0 Å². The lowest BCUT2D eigenvalue weighted by atomic mass is 9.90. The van der Waals surface area contributed by atoms with Gasteiger partial charge >= 0.3 is 0 Å². The van der Waals surface area contributed by atoms with Crippen LogP contribution in [0.2, 0.25) is 0 Å². The molecular formula is C9H18N2. The van der Waals surface area contributed by atoms with Gasteiger partial charge in [-0.3, -0.25) is 5.32 Å². The molecule has 0 aromatic carbocycles. The Labute approximate surface area is 69.6 Å². The summed E-state index contributed by atoms with van der Waals surface area (Å²) in [7, 11) is 0. The molecule has 0 amide bonds. The highest BCUT2D eigenvalue weighted by Gasteiger charge is 2.26. The molecule has 1 unspecified atom stereocenters. The van der Waals surface area contributed by atoms with Crippen molar-refractivity contribution in [3.05, 3.63) is 0 Å². The summed E-state index contributed by atoms with van der Waals surface area (Å²) in [6.07, 6.45) is 1.07. The fraction of sp³-hybridized carbons (Fsp3) is 0.889. The van der Waals surface area contributed by atoms with Crippen LogP contribution in [0.25, 0.3) is 0 Å². The lowest BCUT2D eigenvalue weighted by Crippen LogP contribution is -2.45. The summed E-state index contributed by atoms with van der Waals surface area (Å²) in [4.78, 5) is 0. The largest absolute Gasteiger partial charge is 0.299 e. The second kappa shape index (κ2) is 4.35. The molecule has 0 aliphatic heterocycles. The average molecular weight is 154 g/mol. The summed E-state index contributed by atoms with van der Waals surface area (Å²) in [5, 5.41) is 12.1. The Kier molecular flexibility index (Phi) is 4.14. The van der Waals surface area contributed by atoms with Crippen LogP contribution in [-0.2, 0) is 0 Å². The third-order valence-electron chi connectivity index (χ3n) is 2.13. The Morgan fingerprint density at radius 1 is 1.55 bits per heavy atom. The molecule has 0 bridgehead atoms. The highest BCUT2D eigenvalue weighted by molar-refractivity contribution is 5.05. The van der Waals surface area contributed by atoms with E-state index in [2.05, 4.69) is 32.2 Å². The van der Waals surface area contributed by atoms with Gasteiger partial charge in [0.1, 0.15) is 5.54 Å². The number of rotatable bonds is 4. The molecule has 2 nitrogen and oxygen atoms in total. The maximum atomic E-state index is 8.87. The molecule has 0 spiro atoms. The molecule has 1 N–H and O–H groups in total. The van der Waals surface area contributed by atoms with Crippen molar-refractivity contribution < 1.29 is 0 Å². The molecule has 11 heavy (non-hydrogen) atoms. The monoisotopic (exact) mass is 154 g/mol. The lowest BCUT2D eigenvalue weighted by molar-refractivity contribution is 0.339. The topological polar surface area (TPSA) is 35.8 Å². The van der Waals surface area contributed by atoms with Crippen molar-refractivity contribution in [1.29, 1.82) is 5.26 Å². The van der Waals surface area contributed by atoms with Crippen LogP contribution in [0.15, 0.2) is 0 Å². The zero-order valence-electron chi connectivity index (χ0n) is 7.94. The SMILES string of the molecule is CCCNC(C)(C#N)C(C)C. The van der Waals surface area contributed by atoms with E-state index >= 15 is 0 Å². The Bertz CT molecular complexity index is 146. The minimum Gasteiger partial charge on any atom is -0.299 e. The van der Waals surface area contributed by atoms with Gasteiger partial charge in [0.2, 0.25) is 0 Å². The molecule has 0 saturated carbocycles. The molecule has 0 aromatic heterocycles.